The lowest BCUT2D eigenvalue weighted by atomic mass is 9.98. The van der Waals surface area contributed by atoms with Crippen LogP contribution in [-0.2, 0) is 28.4 Å². The number of ether oxygens (including phenoxy) is 6. The van der Waals surface area contributed by atoms with E-state index < -0.39 is 30.7 Å². The average molecular weight is 400 g/mol. The Balaban J connectivity index is 2.99. The molecule has 1 aliphatic rings. The van der Waals surface area contributed by atoms with Gasteiger partial charge in [0.25, 0.3) is 0 Å². The van der Waals surface area contributed by atoms with Gasteiger partial charge >= 0.3 is 0 Å². The molecular weight excluding hydrogens is 368 g/mol. The van der Waals surface area contributed by atoms with Gasteiger partial charge in [0, 0.05) is 0 Å². The highest BCUT2D eigenvalue weighted by Gasteiger charge is 2.48. The van der Waals surface area contributed by atoms with Gasteiger partial charge in [0.2, 0.25) is 0 Å². The molecule has 11 heteroatoms. The lowest BCUT2D eigenvalue weighted by molar-refractivity contribution is -0.325. The molecule has 1 saturated heterocycles. The first kappa shape index (κ1) is 24.6. The van der Waals surface area contributed by atoms with Gasteiger partial charge in [0.05, 0.1) is 72.7 Å². The molecule has 0 aromatic heterocycles. The predicted octanol–water partition coefficient (Wildman–Crippen LogP) is -3.14. The SMILES string of the molecule is OCCOC[C@@H]1O[C@@H](OCCO)[C@@H](OCCO)[C@H](OCCO)[C@H]1OCCO. The van der Waals surface area contributed by atoms with E-state index in [1.807, 2.05) is 0 Å². The molecule has 11 nitrogen and oxygen atoms in total. The molecule has 5 atom stereocenters. The van der Waals surface area contributed by atoms with Crippen molar-refractivity contribution in [1.82, 2.24) is 0 Å². The van der Waals surface area contributed by atoms with Gasteiger partial charge in [-0.2, -0.15) is 0 Å². The molecule has 162 valence electrons. The van der Waals surface area contributed by atoms with Crippen LogP contribution in [-0.4, -0.2) is 129 Å². The molecule has 1 aliphatic heterocycles. The first-order valence-corrected chi connectivity index (χ1v) is 8.97. The lowest BCUT2D eigenvalue weighted by Gasteiger charge is -2.45. The highest BCUT2D eigenvalue weighted by molar-refractivity contribution is 4.93. The summed E-state index contributed by atoms with van der Waals surface area (Å²) in [6.45, 7) is -0.934. The molecule has 5 N–H and O–H groups in total. The van der Waals surface area contributed by atoms with E-state index in [-0.39, 0.29) is 72.7 Å². The minimum Gasteiger partial charge on any atom is -0.394 e. The molecule has 0 bridgehead atoms. The van der Waals surface area contributed by atoms with Crippen LogP contribution in [0.5, 0.6) is 0 Å². The fourth-order valence-corrected chi connectivity index (χ4v) is 2.71. The van der Waals surface area contributed by atoms with E-state index in [0.717, 1.165) is 0 Å². The van der Waals surface area contributed by atoms with E-state index in [2.05, 4.69) is 0 Å². The van der Waals surface area contributed by atoms with Crippen molar-refractivity contribution in [3.8, 4) is 0 Å². The maximum absolute atomic E-state index is 9.13. The van der Waals surface area contributed by atoms with Crippen molar-refractivity contribution in [2.75, 3.05) is 72.7 Å². The topological polar surface area (TPSA) is 157 Å². The zero-order chi connectivity index (χ0) is 19.9. The smallest absolute Gasteiger partial charge is 0.187 e. The van der Waals surface area contributed by atoms with E-state index in [1.165, 1.54) is 0 Å². The Morgan fingerprint density at radius 1 is 0.556 bits per heavy atom. The number of aliphatic hydroxyl groups excluding tert-OH is 5. The Labute approximate surface area is 158 Å². The molecule has 0 aromatic rings. The second-order valence-electron chi connectivity index (χ2n) is 5.61. The van der Waals surface area contributed by atoms with Crippen LogP contribution in [0.25, 0.3) is 0 Å². The number of hydrogen-bond acceptors (Lipinski definition) is 11. The summed E-state index contributed by atoms with van der Waals surface area (Å²) >= 11 is 0. The Morgan fingerprint density at radius 3 is 1.59 bits per heavy atom. The molecule has 1 rings (SSSR count). The monoisotopic (exact) mass is 400 g/mol. The van der Waals surface area contributed by atoms with Gasteiger partial charge < -0.3 is 54.0 Å². The van der Waals surface area contributed by atoms with Gasteiger partial charge in [-0.05, 0) is 0 Å². The lowest BCUT2D eigenvalue weighted by Crippen LogP contribution is -2.62. The van der Waals surface area contributed by atoms with Crippen LogP contribution in [0.1, 0.15) is 0 Å². The summed E-state index contributed by atoms with van der Waals surface area (Å²) in [5.41, 5.74) is 0. The molecule has 0 radical (unpaired) electrons. The highest BCUT2D eigenvalue weighted by Crippen LogP contribution is 2.29. The van der Waals surface area contributed by atoms with Crippen LogP contribution in [0, 0.1) is 0 Å². The third kappa shape index (κ3) is 8.62. The number of aliphatic hydroxyl groups is 5. The van der Waals surface area contributed by atoms with Crippen molar-refractivity contribution in [2.45, 2.75) is 30.7 Å². The summed E-state index contributed by atoms with van der Waals surface area (Å²) in [7, 11) is 0. The fraction of sp³-hybridized carbons (Fsp3) is 1.00. The van der Waals surface area contributed by atoms with Crippen molar-refractivity contribution < 1.29 is 54.0 Å². The van der Waals surface area contributed by atoms with Crippen molar-refractivity contribution in [2.24, 2.45) is 0 Å². The second kappa shape index (κ2) is 15.5. The number of hydrogen-bond donors (Lipinski definition) is 5. The maximum Gasteiger partial charge on any atom is 0.187 e. The molecule has 0 spiro atoms. The normalized spacial score (nSPS) is 28.6. The number of rotatable bonds is 16. The fourth-order valence-electron chi connectivity index (χ4n) is 2.71. The third-order valence-electron chi connectivity index (χ3n) is 3.69. The molecule has 1 heterocycles. The highest BCUT2D eigenvalue weighted by atomic mass is 16.7. The Hall–Kier alpha value is -0.440. The van der Waals surface area contributed by atoms with Gasteiger partial charge in [0.15, 0.2) is 6.29 Å². The Kier molecular flexibility index (Phi) is 14.1. The first-order valence-electron chi connectivity index (χ1n) is 8.97. The van der Waals surface area contributed by atoms with E-state index in [4.69, 9.17) is 54.0 Å². The van der Waals surface area contributed by atoms with Crippen LogP contribution in [0.2, 0.25) is 0 Å². The Morgan fingerprint density at radius 2 is 1.04 bits per heavy atom. The largest absolute Gasteiger partial charge is 0.394 e. The van der Waals surface area contributed by atoms with Crippen LogP contribution >= 0.6 is 0 Å². The van der Waals surface area contributed by atoms with Crippen LogP contribution in [0.3, 0.4) is 0 Å². The van der Waals surface area contributed by atoms with Gasteiger partial charge in [-0.1, -0.05) is 0 Å². The van der Waals surface area contributed by atoms with Gasteiger partial charge in [-0.25, -0.2) is 0 Å². The quantitative estimate of drug-likeness (QED) is 0.167. The Bertz CT molecular complexity index is 346. The van der Waals surface area contributed by atoms with Crippen molar-refractivity contribution >= 4 is 0 Å². The summed E-state index contributed by atoms with van der Waals surface area (Å²) < 4.78 is 33.7. The molecule has 0 aliphatic carbocycles. The van der Waals surface area contributed by atoms with Crippen molar-refractivity contribution in [1.29, 1.82) is 0 Å². The average Bonchev–Trinajstić information content (AvgIpc) is 2.68. The maximum atomic E-state index is 9.13. The van der Waals surface area contributed by atoms with Crippen LogP contribution in [0.4, 0.5) is 0 Å². The zero-order valence-electron chi connectivity index (χ0n) is 15.4. The van der Waals surface area contributed by atoms with Gasteiger partial charge in [-0.3, -0.25) is 0 Å². The van der Waals surface area contributed by atoms with Gasteiger partial charge in [0.1, 0.15) is 24.4 Å². The van der Waals surface area contributed by atoms with Crippen molar-refractivity contribution in [3.63, 3.8) is 0 Å². The summed E-state index contributed by atoms with van der Waals surface area (Å²) in [5, 5.41) is 45.3. The molecule has 0 aromatic carbocycles. The molecular formula is C16H32O11. The predicted molar refractivity (Wildman–Crippen MR) is 90.1 cm³/mol. The van der Waals surface area contributed by atoms with E-state index in [9.17, 15) is 0 Å². The molecule has 27 heavy (non-hydrogen) atoms. The summed E-state index contributed by atoms with van der Waals surface area (Å²) in [6.07, 6.45) is -3.91. The molecule has 1 fully saturated rings. The standard InChI is InChI=1S/C16H32O11/c17-1-6-22-11-12-13(23-7-2-18)14(24-8-3-19)15(25-9-4-20)16(27-12)26-10-5-21/h12-21H,1-11H2/t12-,13-,14+,15-,16+/m0/s1. The van der Waals surface area contributed by atoms with E-state index in [0.29, 0.717) is 0 Å². The third-order valence-corrected chi connectivity index (χ3v) is 3.69. The first-order chi connectivity index (χ1) is 13.2. The molecule has 0 unspecified atom stereocenters. The van der Waals surface area contributed by atoms with Crippen LogP contribution in [0.15, 0.2) is 0 Å². The second-order valence-corrected chi connectivity index (χ2v) is 5.61. The summed E-state index contributed by atoms with van der Waals surface area (Å²) in [4.78, 5) is 0. The summed E-state index contributed by atoms with van der Waals surface area (Å²) in [6, 6.07) is 0. The summed E-state index contributed by atoms with van der Waals surface area (Å²) in [5.74, 6) is 0. The van der Waals surface area contributed by atoms with Crippen molar-refractivity contribution in [3.05, 3.63) is 0 Å². The van der Waals surface area contributed by atoms with E-state index in [1.54, 1.807) is 0 Å². The molecule has 0 amide bonds. The minimum absolute atomic E-state index is 0.000423. The van der Waals surface area contributed by atoms with Gasteiger partial charge in [-0.15, -0.1) is 0 Å². The molecule has 0 saturated carbocycles. The zero-order valence-corrected chi connectivity index (χ0v) is 15.4. The van der Waals surface area contributed by atoms with E-state index >= 15 is 0 Å². The van der Waals surface area contributed by atoms with Crippen LogP contribution < -0.4 is 0 Å². The minimum atomic E-state index is -0.941.